The number of hydrogen-bond donors (Lipinski definition) is 3. The number of carbonyl (C=O) groups excluding carboxylic acids is 2. The second-order valence-corrected chi connectivity index (χ2v) is 6.35. The smallest absolute Gasteiger partial charge is 0.256 e. The molecule has 0 aliphatic rings. The normalized spacial score (nSPS) is 11.8. The molecule has 1 atom stereocenters. The zero-order valence-electron chi connectivity index (χ0n) is 13.8. The first-order chi connectivity index (χ1) is 11.6. The molecule has 2 amide bonds. The van der Waals surface area contributed by atoms with E-state index < -0.39 is 0 Å². The van der Waals surface area contributed by atoms with Crippen LogP contribution < -0.4 is 10.6 Å². The van der Waals surface area contributed by atoms with Crippen LogP contribution in [-0.4, -0.2) is 29.6 Å². The summed E-state index contributed by atoms with van der Waals surface area (Å²) in [6.45, 7) is 3.83. The van der Waals surface area contributed by atoms with Gasteiger partial charge in [-0.25, -0.2) is 0 Å². The Bertz CT molecular complexity index is 691. The predicted octanol–water partition coefficient (Wildman–Crippen LogP) is 3.06. The molecule has 2 aromatic rings. The van der Waals surface area contributed by atoms with E-state index in [1.807, 2.05) is 19.1 Å². The summed E-state index contributed by atoms with van der Waals surface area (Å²) in [4.78, 5) is 24.6. The van der Waals surface area contributed by atoms with Crippen LogP contribution in [0.1, 0.15) is 46.5 Å². The van der Waals surface area contributed by atoms with Gasteiger partial charge >= 0.3 is 0 Å². The average molecular weight is 346 g/mol. The molecule has 128 valence electrons. The maximum Gasteiger partial charge on any atom is 0.256 e. The third kappa shape index (κ3) is 4.43. The highest BCUT2D eigenvalue weighted by Crippen LogP contribution is 2.24. The number of aryl methyl sites for hydroxylation is 1. The zero-order valence-corrected chi connectivity index (χ0v) is 14.7. The SMILES string of the molecule is CCc1ccc(C(=O)Nc2sccc2C(=O)NC(CC)CO)cc1. The van der Waals surface area contributed by atoms with Gasteiger partial charge in [0.05, 0.1) is 18.2 Å². The number of aliphatic hydroxyl groups is 1. The highest BCUT2D eigenvalue weighted by Gasteiger charge is 2.18. The van der Waals surface area contributed by atoms with Crippen LogP contribution in [0.2, 0.25) is 0 Å². The van der Waals surface area contributed by atoms with Gasteiger partial charge in [0, 0.05) is 5.56 Å². The second-order valence-electron chi connectivity index (χ2n) is 5.43. The third-order valence-electron chi connectivity index (χ3n) is 3.81. The van der Waals surface area contributed by atoms with Gasteiger partial charge in [0.1, 0.15) is 5.00 Å². The molecule has 6 heteroatoms. The van der Waals surface area contributed by atoms with Gasteiger partial charge in [-0.05, 0) is 42.0 Å². The molecule has 0 saturated carbocycles. The number of rotatable bonds is 7. The molecule has 0 bridgehead atoms. The lowest BCUT2D eigenvalue weighted by Gasteiger charge is -2.14. The van der Waals surface area contributed by atoms with Gasteiger partial charge in [-0.2, -0.15) is 0 Å². The predicted molar refractivity (Wildman–Crippen MR) is 96.7 cm³/mol. The van der Waals surface area contributed by atoms with Gasteiger partial charge < -0.3 is 15.7 Å². The molecule has 0 radical (unpaired) electrons. The standard InChI is InChI=1S/C18H22N2O3S/c1-3-12-5-7-13(8-6-12)16(22)20-18-15(9-10-24-18)17(23)19-14(4-2)11-21/h5-10,14,21H,3-4,11H2,1-2H3,(H,19,23)(H,20,22). The lowest BCUT2D eigenvalue weighted by atomic mass is 10.1. The van der Waals surface area contributed by atoms with Crippen molar-refractivity contribution in [3.8, 4) is 0 Å². The molecular weight excluding hydrogens is 324 g/mol. The van der Waals surface area contributed by atoms with Gasteiger partial charge in [-0.3, -0.25) is 9.59 Å². The molecule has 3 N–H and O–H groups in total. The Morgan fingerprint density at radius 1 is 1.12 bits per heavy atom. The van der Waals surface area contributed by atoms with Crippen LogP contribution in [0.3, 0.4) is 0 Å². The fraction of sp³-hybridized carbons (Fsp3) is 0.333. The highest BCUT2D eigenvalue weighted by atomic mass is 32.1. The van der Waals surface area contributed by atoms with E-state index in [9.17, 15) is 14.7 Å². The number of aliphatic hydroxyl groups excluding tert-OH is 1. The van der Waals surface area contributed by atoms with Crippen molar-refractivity contribution in [2.45, 2.75) is 32.7 Å². The third-order valence-corrected chi connectivity index (χ3v) is 4.64. The first-order valence-corrected chi connectivity index (χ1v) is 8.86. The van der Waals surface area contributed by atoms with E-state index >= 15 is 0 Å². The number of thiophene rings is 1. The van der Waals surface area contributed by atoms with Crippen molar-refractivity contribution < 1.29 is 14.7 Å². The van der Waals surface area contributed by atoms with Crippen molar-refractivity contribution in [1.29, 1.82) is 0 Å². The molecule has 0 aliphatic carbocycles. The first-order valence-electron chi connectivity index (χ1n) is 7.98. The van der Waals surface area contributed by atoms with Crippen LogP contribution >= 0.6 is 11.3 Å². The Morgan fingerprint density at radius 3 is 2.42 bits per heavy atom. The summed E-state index contributed by atoms with van der Waals surface area (Å²) < 4.78 is 0. The second kappa shape index (κ2) is 8.61. The molecule has 1 aromatic heterocycles. The molecule has 5 nitrogen and oxygen atoms in total. The summed E-state index contributed by atoms with van der Waals surface area (Å²) in [5.74, 6) is -0.544. The summed E-state index contributed by atoms with van der Waals surface area (Å²) >= 11 is 1.30. The minimum absolute atomic E-state index is 0.113. The summed E-state index contributed by atoms with van der Waals surface area (Å²) in [6.07, 6.45) is 1.55. The van der Waals surface area contributed by atoms with Gasteiger partial charge in [-0.15, -0.1) is 11.3 Å². The molecule has 1 aromatic carbocycles. The first kappa shape index (κ1) is 18.2. The van der Waals surface area contributed by atoms with Gasteiger partial charge in [-0.1, -0.05) is 26.0 Å². The number of carbonyl (C=O) groups is 2. The molecule has 0 spiro atoms. The van der Waals surface area contributed by atoms with E-state index in [4.69, 9.17) is 0 Å². The molecule has 2 rings (SSSR count). The maximum absolute atomic E-state index is 12.3. The van der Waals surface area contributed by atoms with Crippen molar-refractivity contribution in [2.24, 2.45) is 0 Å². The topological polar surface area (TPSA) is 78.4 Å². The summed E-state index contributed by atoms with van der Waals surface area (Å²) in [5.41, 5.74) is 2.12. The van der Waals surface area contributed by atoms with Crippen molar-refractivity contribution in [2.75, 3.05) is 11.9 Å². The molecule has 0 saturated heterocycles. The van der Waals surface area contributed by atoms with Crippen LogP contribution in [0.5, 0.6) is 0 Å². The Kier molecular flexibility index (Phi) is 6.52. The van der Waals surface area contributed by atoms with Gasteiger partial charge in [0.15, 0.2) is 0 Å². The van der Waals surface area contributed by atoms with Crippen LogP contribution in [0, 0.1) is 0 Å². The van der Waals surface area contributed by atoms with E-state index in [1.165, 1.54) is 11.3 Å². The lowest BCUT2D eigenvalue weighted by molar-refractivity contribution is 0.0916. The van der Waals surface area contributed by atoms with Gasteiger partial charge in [0.2, 0.25) is 0 Å². The van der Waals surface area contributed by atoms with Gasteiger partial charge in [0.25, 0.3) is 11.8 Å². The average Bonchev–Trinajstić information content (AvgIpc) is 3.07. The molecular formula is C18H22N2O3S. The van der Waals surface area contributed by atoms with Crippen molar-refractivity contribution >= 4 is 28.2 Å². The van der Waals surface area contributed by atoms with Crippen LogP contribution in [-0.2, 0) is 6.42 Å². The van der Waals surface area contributed by atoms with Crippen molar-refractivity contribution in [3.05, 3.63) is 52.4 Å². The summed E-state index contributed by atoms with van der Waals surface area (Å²) in [6, 6.07) is 8.77. The summed E-state index contributed by atoms with van der Waals surface area (Å²) in [7, 11) is 0. The summed E-state index contributed by atoms with van der Waals surface area (Å²) in [5, 5.41) is 17.0. The molecule has 0 fully saturated rings. The Balaban J connectivity index is 2.09. The minimum Gasteiger partial charge on any atom is -0.394 e. The van der Waals surface area contributed by atoms with Crippen molar-refractivity contribution in [1.82, 2.24) is 5.32 Å². The van der Waals surface area contributed by atoms with E-state index in [0.29, 0.717) is 22.5 Å². The molecule has 1 heterocycles. The number of nitrogens with one attached hydrogen (secondary N) is 2. The van der Waals surface area contributed by atoms with Crippen molar-refractivity contribution in [3.63, 3.8) is 0 Å². The highest BCUT2D eigenvalue weighted by molar-refractivity contribution is 7.14. The number of amides is 2. The monoisotopic (exact) mass is 346 g/mol. The Hall–Kier alpha value is -2.18. The van der Waals surface area contributed by atoms with E-state index in [1.54, 1.807) is 23.6 Å². The quantitative estimate of drug-likeness (QED) is 0.721. The number of benzene rings is 1. The van der Waals surface area contributed by atoms with Crippen LogP contribution in [0.15, 0.2) is 35.7 Å². The van der Waals surface area contributed by atoms with E-state index in [0.717, 1.165) is 12.0 Å². The van der Waals surface area contributed by atoms with E-state index in [-0.39, 0.29) is 24.5 Å². The molecule has 1 unspecified atom stereocenters. The maximum atomic E-state index is 12.3. The fourth-order valence-electron chi connectivity index (χ4n) is 2.19. The van der Waals surface area contributed by atoms with E-state index in [2.05, 4.69) is 17.6 Å². The number of hydrogen-bond acceptors (Lipinski definition) is 4. The largest absolute Gasteiger partial charge is 0.394 e. The fourth-order valence-corrected chi connectivity index (χ4v) is 2.97. The van der Waals surface area contributed by atoms with Crippen LogP contribution in [0.25, 0.3) is 0 Å². The lowest BCUT2D eigenvalue weighted by Crippen LogP contribution is -2.37. The minimum atomic E-state index is -0.297. The molecule has 0 aliphatic heterocycles. The Labute approximate surface area is 145 Å². The Morgan fingerprint density at radius 2 is 1.83 bits per heavy atom. The molecule has 24 heavy (non-hydrogen) atoms. The number of anilines is 1. The van der Waals surface area contributed by atoms with Crippen LogP contribution in [0.4, 0.5) is 5.00 Å². The zero-order chi connectivity index (χ0) is 17.5.